The van der Waals surface area contributed by atoms with Crippen molar-refractivity contribution in [3.8, 4) is 0 Å². The molecule has 2 amide bonds. The molecule has 1 aromatic carbocycles. The molecule has 1 aromatic heterocycles. The van der Waals surface area contributed by atoms with E-state index in [-0.39, 0.29) is 6.03 Å². The summed E-state index contributed by atoms with van der Waals surface area (Å²) in [5, 5.41) is 9.20. The summed E-state index contributed by atoms with van der Waals surface area (Å²) in [6.45, 7) is 2.25. The van der Waals surface area contributed by atoms with Crippen LogP contribution in [0, 0.1) is 6.92 Å². The molecule has 0 spiro atoms. The van der Waals surface area contributed by atoms with Crippen LogP contribution in [0.1, 0.15) is 43.4 Å². The average Bonchev–Trinajstić information content (AvgIpc) is 3.05. The highest BCUT2D eigenvalue weighted by Gasteiger charge is 2.18. The molecule has 1 saturated carbocycles. The van der Waals surface area contributed by atoms with Crippen LogP contribution in [0.5, 0.6) is 0 Å². The molecule has 25 heavy (non-hydrogen) atoms. The van der Waals surface area contributed by atoms with E-state index in [1.165, 1.54) is 37.8 Å². The predicted molar refractivity (Wildman–Crippen MR) is 98.8 cm³/mol. The van der Waals surface area contributed by atoms with Gasteiger partial charge in [0, 0.05) is 31.4 Å². The molecule has 0 saturated heterocycles. The zero-order valence-electron chi connectivity index (χ0n) is 14.9. The van der Waals surface area contributed by atoms with Crippen LogP contribution in [-0.4, -0.2) is 24.3 Å². The zero-order valence-corrected chi connectivity index (χ0v) is 14.9. The number of aromatic nitrogens is 1. The smallest absolute Gasteiger partial charge is 0.320 e. The molecule has 0 bridgehead atoms. The summed E-state index contributed by atoms with van der Waals surface area (Å²) in [5.41, 5.74) is 2.30. The first kappa shape index (κ1) is 17.3. The lowest BCUT2D eigenvalue weighted by molar-refractivity contribution is 0.251. The number of carbonyl (C=O) groups excluding carboxylic acids is 1. The monoisotopic (exact) mass is 342 g/mol. The molecule has 2 aromatic rings. The predicted octanol–water partition coefficient (Wildman–Crippen LogP) is 4.07. The second-order valence-corrected chi connectivity index (χ2v) is 6.70. The van der Waals surface area contributed by atoms with E-state index in [1.54, 1.807) is 13.0 Å². The molecule has 1 aliphatic carbocycles. The third-order valence-corrected chi connectivity index (χ3v) is 4.79. The summed E-state index contributed by atoms with van der Waals surface area (Å²) in [7, 11) is 2.18. The second-order valence-electron chi connectivity index (χ2n) is 6.70. The molecule has 6 heteroatoms. The molecule has 134 valence electrons. The van der Waals surface area contributed by atoms with Gasteiger partial charge in [-0.1, -0.05) is 36.6 Å². The fraction of sp³-hybridized carbons (Fsp3) is 0.474. The standard InChI is InChI=1S/C19H26N4O2/c1-14-12-18(22-25-14)21-19(24)20-13-15-8-10-17(11-9-15)23(2)16-6-4-3-5-7-16/h8-12,16H,3-7,13H2,1-2H3,(H2,20,21,22,24). The van der Waals surface area contributed by atoms with Gasteiger partial charge in [-0.05, 0) is 37.5 Å². The molecular formula is C19H26N4O2. The maximum absolute atomic E-state index is 11.9. The van der Waals surface area contributed by atoms with E-state index < -0.39 is 0 Å². The summed E-state index contributed by atoms with van der Waals surface area (Å²) in [6, 6.07) is 10.4. The fourth-order valence-corrected chi connectivity index (χ4v) is 3.30. The third kappa shape index (κ3) is 4.75. The van der Waals surface area contributed by atoms with Crippen molar-refractivity contribution in [1.29, 1.82) is 0 Å². The van der Waals surface area contributed by atoms with Crippen molar-refractivity contribution >= 4 is 17.5 Å². The Bertz CT molecular complexity index is 690. The summed E-state index contributed by atoms with van der Waals surface area (Å²) in [4.78, 5) is 14.2. The van der Waals surface area contributed by atoms with Crippen molar-refractivity contribution in [2.75, 3.05) is 17.3 Å². The number of hydrogen-bond acceptors (Lipinski definition) is 4. The lowest BCUT2D eigenvalue weighted by Gasteiger charge is -2.33. The molecule has 3 rings (SSSR count). The van der Waals surface area contributed by atoms with Crippen LogP contribution in [0.3, 0.4) is 0 Å². The molecule has 0 radical (unpaired) electrons. The van der Waals surface area contributed by atoms with Crippen LogP contribution in [0.25, 0.3) is 0 Å². The van der Waals surface area contributed by atoms with Crippen LogP contribution < -0.4 is 15.5 Å². The zero-order chi connectivity index (χ0) is 17.6. The van der Waals surface area contributed by atoms with E-state index in [2.05, 4.69) is 52.0 Å². The van der Waals surface area contributed by atoms with Crippen molar-refractivity contribution in [2.45, 2.75) is 51.6 Å². The minimum absolute atomic E-state index is 0.295. The van der Waals surface area contributed by atoms with Gasteiger partial charge in [0.2, 0.25) is 0 Å². The Kier molecular flexibility index (Phi) is 5.58. The Balaban J connectivity index is 1.49. The number of nitrogens with zero attached hydrogens (tertiary/aromatic N) is 2. The third-order valence-electron chi connectivity index (χ3n) is 4.79. The van der Waals surface area contributed by atoms with Crippen molar-refractivity contribution in [1.82, 2.24) is 10.5 Å². The van der Waals surface area contributed by atoms with Gasteiger partial charge in [-0.25, -0.2) is 4.79 Å². The Hall–Kier alpha value is -2.50. The Morgan fingerprint density at radius 2 is 1.96 bits per heavy atom. The second kappa shape index (κ2) is 8.05. The van der Waals surface area contributed by atoms with Gasteiger partial charge >= 0.3 is 6.03 Å². The lowest BCUT2D eigenvalue weighted by Crippen LogP contribution is -2.33. The van der Waals surface area contributed by atoms with E-state index in [9.17, 15) is 4.79 Å². The summed E-state index contributed by atoms with van der Waals surface area (Å²) in [5.74, 6) is 1.08. The Labute approximate surface area is 148 Å². The molecule has 1 aliphatic rings. The number of urea groups is 1. The Morgan fingerprint density at radius 1 is 1.24 bits per heavy atom. The summed E-state index contributed by atoms with van der Waals surface area (Å²) in [6.07, 6.45) is 6.59. The van der Waals surface area contributed by atoms with E-state index in [4.69, 9.17) is 4.52 Å². The molecule has 1 fully saturated rings. The minimum Gasteiger partial charge on any atom is -0.372 e. The first-order chi connectivity index (χ1) is 12.1. The van der Waals surface area contributed by atoms with Gasteiger partial charge in [0.1, 0.15) is 5.76 Å². The van der Waals surface area contributed by atoms with Gasteiger partial charge in [-0.3, -0.25) is 5.32 Å². The van der Waals surface area contributed by atoms with Crippen LogP contribution in [-0.2, 0) is 6.54 Å². The normalized spacial score (nSPS) is 15.0. The van der Waals surface area contributed by atoms with E-state index >= 15 is 0 Å². The van der Waals surface area contributed by atoms with Crippen LogP contribution in [0.2, 0.25) is 0 Å². The molecule has 0 atom stereocenters. The molecule has 0 aliphatic heterocycles. The fourth-order valence-electron chi connectivity index (χ4n) is 3.30. The Morgan fingerprint density at radius 3 is 2.60 bits per heavy atom. The largest absolute Gasteiger partial charge is 0.372 e. The lowest BCUT2D eigenvalue weighted by atomic mass is 9.94. The number of rotatable bonds is 5. The van der Waals surface area contributed by atoms with Crippen LogP contribution >= 0.6 is 0 Å². The quantitative estimate of drug-likeness (QED) is 0.859. The van der Waals surface area contributed by atoms with E-state index in [0.717, 1.165) is 5.56 Å². The first-order valence-corrected chi connectivity index (χ1v) is 8.92. The average molecular weight is 342 g/mol. The maximum Gasteiger partial charge on any atom is 0.320 e. The first-order valence-electron chi connectivity index (χ1n) is 8.92. The number of carbonyl (C=O) groups is 1. The topological polar surface area (TPSA) is 70.4 Å². The van der Waals surface area contributed by atoms with Gasteiger partial charge in [-0.2, -0.15) is 0 Å². The maximum atomic E-state index is 11.9. The van der Waals surface area contributed by atoms with Crippen LogP contribution in [0.15, 0.2) is 34.9 Å². The molecule has 6 nitrogen and oxygen atoms in total. The van der Waals surface area contributed by atoms with Gasteiger partial charge < -0.3 is 14.7 Å². The van der Waals surface area contributed by atoms with Gasteiger partial charge in [-0.15, -0.1) is 0 Å². The van der Waals surface area contributed by atoms with Crippen molar-refractivity contribution < 1.29 is 9.32 Å². The minimum atomic E-state index is -0.295. The summed E-state index contributed by atoms with van der Waals surface area (Å²) >= 11 is 0. The number of aryl methyl sites for hydroxylation is 1. The van der Waals surface area contributed by atoms with Crippen molar-refractivity contribution in [2.24, 2.45) is 0 Å². The molecule has 0 unspecified atom stereocenters. The number of anilines is 2. The molecular weight excluding hydrogens is 316 g/mol. The molecule has 2 N–H and O–H groups in total. The number of benzene rings is 1. The highest BCUT2D eigenvalue weighted by Crippen LogP contribution is 2.26. The van der Waals surface area contributed by atoms with E-state index in [1.807, 2.05) is 0 Å². The van der Waals surface area contributed by atoms with Crippen molar-refractivity contribution in [3.63, 3.8) is 0 Å². The SMILES string of the molecule is Cc1cc(NC(=O)NCc2ccc(N(C)C3CCCCC3)cc2)no1. The number of hydrogen-bond donors (Lipinski definition) is 2. The number of nitrogens with one attached hydrogen (secondary N) is 2. The molecule has 1 heterocycles. The van der Waals surface area contributed by atoms with Gasteiger partial charge in [0.25, 0.3) is 0 Å². The number of amides is 2. The highest BCUT2D eigenvalue weighted by molar-refractivity contribution is 5.88. The van der Waals surface area contributed by atoms with Crippen LogP contribution in [0.4, 0.5) is 16.3 Å². The van der Waals surface area contributed by atoms with Gasteiger partial charge in [0.05, 0.1) is 0 Å². The summed E-state index contributed by atoms with van der Waals surface area (Å²) < 4.78 is 4.92. The highest BCUT2D eigenvalue weighted by atomic mass is 16.5. The van der Waals surface area contributed by atoms with E-state index in [0.29, 0.717) is 24.2 Å². The van der Waals surface area contributed by atoms with Gasteiger partial charge in [0.15, 0.2) is 5.82 Å². The van der Waals surface area contributed by atoms with Crippen molar-refractivity contribution in [3.05, 3.63) is 41.7 Å².